The van der Waals surface area contributed by atoms with E-state index in [2.05, 4.69) is 65.2 Å². The maximum atomic E-state index is 13.1. The van der Waals surface area contributed by atoms with Crippen LogP contribution in [0.5, 0.6) is 0 Å². The molecular weight excluding hydrogens is 417 g/mol. The zero-order chi connectivity index (χ0) is 23.2. The number of carbonyl (C=O) groups is 1. The summed E-state index contributed by atoms with van der Waals surface area (Å²) in [6.45, 7) is 18.9. The maximum Gasteiger partial charge on any atom is 0.228 e. The monoisotopic (exact) mass is 457 g/mol. The van der Waals surface area contributed by atoms with Gasteiger partial charge >= 0.3 is 0 Å². The second-order valence-electron chi connectivity index (χ2n) is 9.39. The quantitative estimate of drug-likeness (QED) is 0.435. The van der Waals surface area contributed by atoms with Gasteiger partial charge < -0.3 is 5.73 Å². The van der Waals surface area contributed by atoms with Crippen LogP contribution in [0.4, 0.5) is 0 Å². The lowest BCUT2D eigenvalue weighted by Gasteiger charge is -2.40. The van der Waals surface area contributed by atoms with Gasteiger partial charge in [-0.15, -0.1) is 0 Å². The number of hydrogen-bond acceptors (Lipinski definition) is 3. The maximum absolute atomic E-state index is 13.1. The summed E-state index contributed by atoms with van der Waals surface area (Å²) in [4.78, 5) is 17.9. The second-order valence-corrected chi connectivity index (χ2v) is 10.2. The van der Waals surface area contributed by atoms with Crippen molar-refractivity contribution in [2.75, 3.05) is 13.1 Å². The minimum absolute atomic E-state index is 0.361. The van der Waals surface area contributed by atoms with E-state index in [-0.39, 0.29) is 5.91 Å². The van der Waals surface area contributed by atoms with Gasteiger partial charge in [0.05, 0.1) is 5.41 Å². The van der Waals surface area contributed by atoms with Crippen molar-refractivity contribution >= 4 is 29.1 Å². The summed E-state index contributed by atoms with van der Waals surface area (Å²) in [7, 11) is 0. The molecular formula is C24H41Cl2N3O. The van der Waals surface area contributed by atoms with Gasteiger partial charge in [-0.25, -0.2) is 0 Å². The first kappa shape index (κ1) is 27.2. The number of primary amides is 1. The molecule has 0 saturated carbocycles. The zero-order valence-corrected chi connectivity index (χ0v) is 21.5. The van der Waals surface area contributed by atoms with Crippen molar-refractivity contribution in [1.29, 1.82) is 0 Å². The first-order chi connectivity index (χ1) is 13.8. The van der Waals surface area contributed by atoms with E-state index >= 15 is 0 Å². The van der Waals surface area contributed by atoms with Gasteiger partial charge in [0.25, 0.3) is 0 Å². The molecule has 0 heterocycles. The molecule has 0 aliphatic heterocycles. The normalized spacial score (nSPS) is 12.9. The van der Waals surface area contributed by atoms with Gasteiger partial charge in [0.15, 0.2) is 0 Å². The van der Waals surface area contributed by atoms with Crippen molar-refractivity contribution < 1.29 is 4.79 Å². The Labute approximate surface area is 194 Å². The van der Waals surface area contributed by atoms with E-state index in [0.29, 0.717) is 52.6 Å². The third-order valence-electron chi connectivity index (χ3n) is 6.16. The molecule has 0 aromatic heterocycles. The van der Waals surface area contributed by atoms with Crippen LogP contribution in [-0.2, 0) is 10.2 Å². The lowest BCUT2D eigenvalue weighted by molar-refractivity contribution is -0.124. The van der Waals surface area contributed by atoms with Gasteiger partial charge in [-0.1, -0.05) is 29.3 Å². The van der Waals surface area contributed by atoms with Gasteiger partial charge in [-0.2, -0.15) is 0 Å². The number of amides is 1. The highest BCUT2D eigenvalue weighted by atomic mass is 35.5. The molecule has 0 saturated heterocycles. The van der Waals surface area contributed by atoms with E-state index in [9.17, 15) is 4.79 Å². The predicted octanol–water partition coefficient (Wildman–Crippen LogP) is 5.73. The molecule has 6 heteroatoms. The van der Waals surface area contributed by atoms with Crippen LogP contribution in [0.25, 0.3) is 0 Å². The van der Waals surface area contributed by atoms with Crippen LogP contribution in [0.2, 0.25) is 10.0 Å². The SMILES string of the molecule is CC(C)N(CCC(CCN(C(C)C)C(C)C)(C(N)=O)c1c(Cl)cccc1Cl)C(C)C. The van der Waals surface area contributed by atoms with Crippen LogP contribution in [0.15, 0.2) is 18.2 Å². The Morgan fingerprint density at radius 2 is 1.17 bits per heavy atom. The molecule has 1 amide bonds. The molecule has 1 aromatic carbocycles. The summed E-state index contributed by atoms with van der Waals surface area (Å²) in [5.41, 5.74) is 5.86. The fourth-order valence-electron chi connectivity index (χ4n) is 4.56. The molecule has 172 valence electrons. The van der Waals surface area contributed by atoms with E-state index in [1.807, 2.05) is 6.07 Å². The van der Waals surface area contributed by atoms with Crippen LogP contribution >= 0.6 is 23.2 Å². The zero-order valence-electron chi connectivity index (χ0n) is 20.0. The fourth-order valence-corrected chi connectivity index (χ4v) is 5.32. The third-order valence-corrected chi connectivity index (χ3v) is 6.79. The summed E-state index contributed by atoms with van der Waals surface area (Å²) in [5.74, 6) is -0.363. The van der Waals surface area contributed by atoms with E-state index in [1.165, 1.54) is 0 Å². The highest BCUT2D eigenvalue weighted by Crippen LogP contribution is 2.41. The minimum Gasteiger partial charge on any atom is -0.369 e. The van der Waals surface area contributed by atoms with Gasteiger partial charge in [0.2, 0.25) is 5.91 Å². The molecule has 0 atom stereocenters. The molecule has 0 spiro atoms. The third kappa shape index (κ3) is 6.59. The summed E-state index contributed by atoms with van der Waals surface area (Å²) in [5, 5.41) is 1.00. The van der Waals surface area contributed by atoms with Crippen molar-refractivity contribution in [3.63, 3.8) is 0 Å². The van der Waals surface area contributed by atoms with Crippen molar-refractivity contribution in [3.8, 4) is 0 Å². The Kier molecular flexibility index (Phi) is 10.6. The van der Waals surface area contributed by atoms with Gasteiger partial charge in [0.1, 0.15) is 0 Å². The van der Waals surface area contributed by atoms with E-state index in [0.717, 1.165) is 13.1 Å². The van der Waals surface area contributed by atoms with Crippen LogP contribution in [0.1, 0.15) is 73.8 Å². The van der Waals surface area contributed by atoms with Crippen molar-refractivity contribution in [3.05, 3.63) is 33.8 Å². The van der Waals surface area contributed by atoms with E-state index in [4.69, 9.17) is 28.9 Å². The minimum atomic E-state index is -0.931. The Morgan fingerprint density at radius 3 is 1.43 bits per heavy atom. The Morgan fingerprint density at radius 1 is 0.833 bits per heavy atom. The van der Waals surface area contributed by atoms with Crippen LogP contribution in [0.3, 0.4) is 0 Å². The molecule has 0 bridgehead atoms. The molecule has 0 radical (unpaired) electrons. The largest absolute Gasteiger partial charge is 0.369 e. The van der Waals surface area contributed by atoms with Crippen molar-refractivity contribution in [2.24, 2.45) is 5.73 Å². The summed E-state index contributed by atoms with van der Waals surface area (Å²) in [6.07, 6.45) is 1.15. The average Bonchev–Trinajstić information content (AvgIpc) is 2.59. The van der Waals surface area contributed by atoms with Crippen molar-refractivity contribution in [2.45, 2.75) is 97.8 Å². The lowest BCUT2D eigenvalue weighted by Crippen LogP contribution is -2.49. The Balaban J connectivity index is 3.45. The lowest BCUT2D eigenvalue weighted by atomic mass is 9.73. The fraction of sp³-hybridized carbons (Fsp3) is 0.708. The average molecular weight is 459 g/mol. The number of carbonyl (C=O) groups excluding carboxylic acids is 1. The van der Waals surface area contributed by atoms with Gasteiger partial charge in [-0.3, -0.25) is 14.6 Å². The Hall–Kier alpha value is -0.810. The smallest absolute Gasteiger partial charge is 0.228 e. The van der Waals surface area contributed by atoms with Crippen LogP contribution in [-0.4, -0.2) is 53.0 Å². The molecule has 2 N–H and O–H groups in total. The molecule has 0 aliphatic carbocycles. The number of benzene rings is 1. The number of halogens is 2. The van der Waals surface area contributed by atoms with Gasteiger partial charge in [-0.05, 0) is 80.4 Å². The van der Waals surface area contributed by atoms with Gasteiger partial charge in [0, 0.05) is 52.9 Å². The number of nitrogens with zero attached hydrogens (tertiary/aromatic N) is 2. The highest BCUT2D eigenvalue weighted by Gasteiger charge is 2.42. The highest BCUT2D eigenvalue weighted by molar-refractivity contribution is 6.36. The first-order valence-electron chi connectivity index (χ1n) is 11.1. The summed E-state index contributed by atoms with van der Waals surface area (Å²) in [6, 6.07) is 6.85. The standard InChI is InChI=1S/C24H41Cl2N3O/c1-16(2)28(17(3)4)14-12-24(23(27)30,13-15-29(18(5)6)19(7)8)22-20(25)10-9-11-21(22)26/h9-11,16-19H,12-15H2,1-8H3,(H2,27,30). The second kappa shape index (κ2) is 11.7. The molecule has 0 aliphatic rings. The predicted molar refractivity (Wildman–Crippen MR) is 131 cm³/mol. The molecule has 1 rings (SSSR count). The molecule has 0 fully saturated rings. The number of rotatable bonds is 12. The van der Waals surface area contributed by atoms with Crippen LogP contribution < -0.4 is 5.73 Å². The first-order valence-corrected chi connectivity index (χ1v) is 11.9. The molecule has 1 aromatic rings. The number of nitrogens with two attached hydrogens (primary N) is 1. The van der Waals surface area contributed by atoms with Crippen molar-refractivity contribution in [1.82, 2.24) is 9.80 Å². The topological polar surface area (TPSA) is 49.6 Å². The number of hydrogen-bond donors (Lipinski definition) is 1. The molecule has 0 unspecified atom stereocenters. The Bertz CT molecular complexity index is 629. The summed E-state index contributed by atoms with van der Waals surface area (Å²) >= 11 is 13.2. The van der Waals surface area contributed by atoms with E-state index in [1.54, 1.807) is 12.1 Å². The molecule has 30 heavy (non-hydrogen) atoms. The van der Waals surface area contributed by atoms with Crippen LogP contribution in [0, 0.1) is 0 Å². The van der Waals surface area contributed by atoms with E-state index < -0.39 is 5.41 Å². The summed E-state index contributed by atoms with van der Waals surface area (Å²) < 4.78 is 0. The molecule has 4 nitrogen and oxygen atoms in total.